The van der Waals surface area contributed by atoms with E-state index < -0.39 is 42.3 Å². The van der Waals surface area contributed by atoms with Gasteiger partial charge >= 0.3 is 5.97 Å². The first-order valence-corrected chi connectivity index (χ1v) is 5.80. The van der Waals surface area contributed by atoms with E-state index in [1.54, 1.807) is 0 Å². The van der Waals surface area contributed by atoms with E-state index in [0.29, 0.717) is 0 Å². The number of nitrogens with zero attached hydrogens (tertiary/aromatic N) is 1. The second-order valence-corrected chi connectivity index (χ2v) is 4.39. The highest BCUT2D eigenvalue weighted by Gasteiger charge is 2.49. The predicted molar refractivity (Wildman–Crippen MR) is 62.9 cm³/mol. The maximum Gasteiger partial charge on any atom is 0.335 e. The van der Waals surface area contributed by atoms with Crippen LogP contribution in [0.1, 0.15) is 10.4 Å². The number of carboxylic acids is 1. The number of Topliss-reactive ketones (excluding diaryl/α,β-unsaturated/α-hetero) is 1. The van der Waals surface area contributed by atoms with Crippen molar-refractivity contribution in [2.75, 3.05) is 0 Å². The molecule has 0 aromatic carbocycles. The number of hydrogen-bond donors (Lipinski definition) is 4. The van der Waals surface area contributed by atoms with Crippen LogP contribution in [0.4, 0.5) is 0 Å². The summed E-state index contributed by atoms with van der Waals surface area (Å²) in [6, 6.07) is 2.73. The number of carbonyl (C=O) groups excluding carboxylic acids is 1. The molecule has 8 nitrogen and oxygen atoms in total. The average Bonchev–Trinajstić information content (AvgIpc) is 2.45. The molecule has 1 aromatic rings. The second-order valence-electron chi connectivity index (χ2n) is 4.39. The Labute approximate surface area is 113 Å². The lowest BCUT2D eigenvalue weighted by Crippen LogP contribution is -2.61. The summed E-state index contributed by atoms with van der Waals surface area (Å²) in [6.07, 6.45) is -5.99. The number of aliphatic carboxylic acids is 1. The molecule has 5 atom stereocenters. The molecule has 0 radical (unpaired) electrons. The van der Waals surface area contributed by atoms with E-state index in [0.717, 1.165) is 0 Å². The standard InChI is InChI=1S/C12H13NO7/c14-6(5-1-3-13-4-2-5)10-8(16)7(15)9(17)11(20-10)12(18)19/h1-4,7-11,15-17H,(H,18,19)/t7-,8-,9+,10?,11+/m1/s1. The van der Waals surface area contributed by atoms with Crippen LogP contribution in [0.3, 0.4) is 0 Å². The van der Waals surface area contributed by atoms with Crippen LogP contribution in [0, 0.1) is 0 Å². The van der Waals surface area contributed by atoms with Gasteiger partial charge in [-0.25, -0.2) is 4.79 Å². The first-order chi connectivity index (χ1) is 9.43. The van der Waals surface area contributed by atoms with E-state index >= 15 is 0 Å². The predicted octanol–water partition coefficient (Wildman–Crippen LogP) is -1.80. The fourth-order valence-electron chi connectivity index (χ4n) is 1.98. The summed E-state index contributed by atoms with van der Waals surface area (Å²) in [5.41, 5.74) is 0.150. The number of hydrogen-bond acceptors (Lipinski definition) is 7. The van der Waals surface area contributed by atoms with E-state index in [4.69, 9.17) is 9.84 Å². The van der Waals surface area contributed by atoms with Crippen molar-refractivity contribution in [3.63, 3.8) is 0 Å². The van der Waals surface area contributed by atoms with Gasteiger partial charge in [-0.05, 0) is 12.1 Å². The third kappa shape index (κ3) is 2.54. The lowest BCUT2D eigenvalue weighted by Gasteiger charge is -2.38. The normalized spacial score (nSPS) is 33.6. The summed E-state index contributed by atoms with van der Waals surface area (Å²) in [4.78, 5) is 26.8. The summed E-state index contributed by atoms with van der Waals surface area (Å²) in [7, 11) is 0. The number of ether oxygens (including phenoxy) is 1. The van der Waals surface area contributed by atoms with Crippen LogP contribution >= 0.6 is 0 Å². The van der Waals surface area contributed by atoms with E-state index in [1.165, 1.54) is 24.5 Å². The first kappa shape index (κ1) is 14.5. The minimum Gasteiger partial charge on any atom is -0.479 e. The van der Waals surface area contributed by atoms with Gasteiger partial charge in [-0.15, -0.1) is 0 Å². The van der Waals surface area contributed by atoms with Crippen molar-refractivity contribution >= 4 is 11.8 Å². The van der Waals surface area contributed by atoms with Gasteiger partial charge in [0.25, 0.3) is 0 Å². The van der Waals surface area contributed by atoms with Crippen molar-refractivity contribution in [1.82, 2.24) is 4.98 Å². The van der Waals surface area contributed by atoms with Crippen LogP contribution < -0.4 is 0 Å². The zero-order chi connectivity index (χ0) is 14.9. The van der Waals surface area contributed by atoms with Gasteiger partial charge in [-0.1, -0.05) is 0 Å². The maximum absolute atomic E-state index is 12.1. The monoisotopic (exact) mass is 283 g/mol. The fraction of sp³-hybridized carbons (Fsp3) is 0.417. The highest BCUT2D eigenvalue weighted by molar-refractivity contribution is 6.00. The van der Waals surface area contributed by atoms with E-state index in [9.17, 15) is 24.9 Å². The largest absolute Gasteiger partial charge is 0.479 e. The van der Waals surface area contributed by atoms with Crippen molar-refractivity contribution in [3.8, 4) is 0 Å². The molecular weight excluding hydrogens is 270 g/mol. The van der Waals surface area contributed by atoms with Crippen LogP contribution in [0.15, 0.2) is 24.5 Å². The number of carbonyl (C=O) groups is 2. The smallest absolute Gasteiger partial charge is 0.335 e. The minimum absolute atomic E-state index is 0.150. The highest BCUT2D eigenvalue weighted by Crippen LogP contribution is 2.24. The molecule has 1 aromatic heterocycles. The number of rotatable bonds is 3. The van der Waals surface area contributed by atoms with E-state index in [-0.39, 0.29) is 5.56 Å². The molecule has 1 aliphatic heterocycles. The van der Waals surface area contributed by atoms with Gasteiger partial charge in [0.2, 0.25) is 0 Å². The Hall–Kier alpha value is -1.87. The van der Waals surface area contributed by atoms with Crippen molar-refractivity contribution < 1.29 is 34.8 Å². The molecule has 0 amide bonds. The maximum atomic E-state index is 12.1. The van der Waals surface area contributed by atoms with Crippen LogP contribution in [0.5, 0.6) is 0 Å². The lowest BCUT2D eigenvalue weighted by atomic mass is 9.91. The molecule has 8 heteroatoms. The van der Waals surface area contributed by atoms with E-state index in [1.807, 2.05) is 0 Å². The molecule has 1 saturated heterocycles. The van der Waals surface area contributed by atoms with Crippen LogP contribution in [0.25, 0.3) is 0 Å². The molecule has 108 valence electrons. The number of aromatic nitrogens is 1. The molecule has 1 aliphatic rings. The van der Waals surface area contributed by atoms with Gasteiger partial charge in [-0.3, -0.25) is 9.78 Å². The molecule has 2 rings (SSSR count). The second kappa shape index (κ2) is 5.63. The van der Waals surface area contributed by atoms with Gasteiger partial charge in [0, 0.05) is 18.0 Å². The first-order valence-electron chi connectivity index (χ1n) is 5.80. The Balaban J connectivity index is 2.26. The third-order valence-electron chi connectivity index (χ3n) is 3.08. The Kier molecular flexibility index (Phi) is 4.09. The minimum atomic E-state index is -1.82. The van der Waals surface area contributed by atoms with Crippen LogP contribution in [-0.2, 0) is 9.53 Å². The number of pyridine rings is 1. The molecule has 1 fully saturated rings. The lowest BCUT2D eigenvalue weighted by molar-refractivity contribution is -0.216. The topological polar surface area (TPSA) is 137 Å². The molecule has 0 aliphatic carbocycles. The molecule has 2 heterocycles. The number of ketones is 1. The van der Waals surface area contributed by atoms with Gasteiger partial charge in [0.1, 0.15) is 18.3 Å². The molecule has 0 bridgehead atoms. The zero-order valence-electron chi connectivity index (χ0n) is 10.2. The summed E-state index contributed by atoms with van der Waals surface area (Å²) in [5.74, 6) is -2.23. The number of aliphatic hydroxyl groups is 3. The quantitative estimate of drug-likeness (QED) is 0.477. The summed E-state index contributed by atoms with van der Waals surface area (Å²) >= 11 is 0. The third-order valence-corrected chi connectivity index (χ3v) is 3.08. The summed E-state index contributed by atoms with van der Waals surface area (Å²) in [6.45, 7) is 0. The summed E-state index contributed by atoms with van der Waals surface area (Å²) < 4.78 is 4.93. The Morgan fingerprint density at radius 1 is 1.00 bits per heavy atom. The zero-order valence-corrected chi connectivity index (χ0v) is 10.2. The molecule has 20 heavy (non-hydrogen) atoms. The Bertz CT molecular complexity index is 506. The molecular formula is C12H13NO7. The average molecular weight is 283 g/mol. The van der Waals surface area contributed by atoms with Gasteiger partial charge in [0.15, 0.2) is 18.0 Å². The van der Waals surface area contributed by atoms with Crippen molar-refractivity contribution in [3.05, 3.63) is 30.1 Å². The fourth-order valence-corrected chi connectivity index (χ4v) is 1.98. The molecule has 0 spiro atoms. The van der Waals surface area contributed by atoms with Crippen LogP contribution in [0.2, 0.25) is 0 Å². The summed E-state index contributed by atoms with van der Waals surface area (Å²) in [5, 5.41) is 37.8. The SMILES string of the molecule is O=C(c1ccncc1)C1O[C@H](C(=O)O)[C@@H](O)[C@H](O)[C@H]1O. The Morgan fingerprint density at radius 3 is 2.10 bits per heavy atom. The van der Waals surface area contributed by atoms with Crippen molar-refractivity contribution in [2.24, 2.45) is 0 Å². The van der Waals surface area contributed by atoms with Gasteiger partial charge in [-0.2, -0.15) is 0 Å². The number of aliphatic hydroxyl groups excluding tert-OH is 3. The molecule has 4 N–H and O–H groups in total. The molecule has 0 saturated carbocycles. The van der Waals surface area contributed by atoms with Crippen molar-refractivity contribution in [2.45, 2.75) is 30.5 Å². The van der Waals surface area contributed by atoms with Crippen LogP contribution in [-0.4, -0.2) is 67.7 Å². The Morgan fingerprint density at radius 2 is 1.55 bits per heavy atom. The van der Waals surface area contributed by atoms with Crippen molar-refractivity contribution in [1.29, 1.82) is 0 Å². The van der Waals surface area contributed by atoms with E-state index in [2.05, 4.69) is 4.98 Å². The molecule has 1 unspecified atom stereocenters. The van der Waals surface area contributed by atoms with Gasteiger partial charge < -0.3 is 25.2 Å². The number of carboxylic acid groups (broad SMARTS) is 1. The van der Waals surface area contributed by atoms with Gasteiger partial charge in [0.05, 0.1) is 0 Å². The highest BCUT2D eigenvalue weighted by atomic mass is 16.6.